The van der Waals surface area contributed by atoms with Crippen LogP contribution in [0, 0.1) is 13.8 Å². The van der Waals surface area contributed by atoms with Gasteiger partial charge < -0.3 is 20.1 Å². The molecule has 0 unspecified atom stereocenters. The molecular weight excluding hydrogens is 376 g/mol. The fourth-order valence-electron chi connectivity index (χ4n) is 4.34. The van der Waals surface area contributed by atoms with E-state index in [1.54, 1.807) is 0 Å². The van der Waals surface area contributed by atoms with E-state index in [-0.39, 0.29) is 0 Å². The Labute approximate surface area is 181 Å². The molecule has 1 aliphatic rings. The Morgan fingerprint density at radius 3 is 2.73 bits per heavy atom. The number of hydrogen-bond donors (Lipinski definition) is 2. The van der Waals surface area contributed by atoms with Gasteiger partial charge in [0, 0.05) is 36.9 Å². The minimum Gasteiger partial charge on any atom is -0.491 e. The first-order valence-electron chi connectivity index (χ1n) is 11.3. The van der Waals surface area contributed by atoms with Crippen LogP contribution in [-0.2, 0) is 13.1 Å². The molecule has 1 aliphatic carbocycles. The number of nitrogens with zero attached hydrogens (tertiary/aromatic N) is 3. The summed E-state index contributed by atoms with van der Waals surface area (Å²) in [5.41, 5.74) is 3.35. The zero-order valence-corrected chi connectivity index (χ0v) is 18.8. The maximum Gasteiger partial charge on any atom is 0.123 e. The quantitative estimate of drug-likeness (QED) is 0.553. The third kappa shape index (κ3) is 6.83. The number of aryl methyl sites for hydroxylation is 2. The van der Waals surface area contributed by atoms with Crippen molar-refractivity contribution in [1.82, 2.24) is 20.0 Å². The third-order valence-electron chi connectivity index (χ3n) is 6.02. The number of ether oxygens (including phenoxy) is 1. The van der Waals surface area contributed by atoms with Crippen LogP contribution < -0.4 is 10.1 Å². The molecule has 1 atom stereocenters. The summed E-state index contributed by atoms with van der Waals surface area (Å²) < 4.78 is 8.02. The maximum atomic E-state index is 10.5. The number of likely N-dealkylation sites (N-methyl/N-ethyl adjacent to an activating group) is 1. The van der Waals surface area contributed by atoms with Crippen LogP contribution >= 0.6 is 0 Å². The first-order valence-corrected chi connectivity index (χ1v) is 11.3. The van der Waals surface area contributed by atoms with Gasteiger partial charge in [0.25, 0.3) is 0 Å². The fourth-order valence-corrected chi connectivity index (χ4v) is 4.34. The summed E-state index contributed by atoms with van der Waals surface area (Å²) in [6.07, 6.45) is 5.97. The molecule has 0 spiro atoms. The van der Waals surface area contributed by atoms with E-state index in [1.807, 2.05) is 29.8 Å². The van der Waals surface area contributed by atoms with E-state index in [4.69, 9.17) is 4.74 Å². The lowest BCUT2D eigenvalue weighted by Crippen LogP contribution is -2.40. The normalized spacial score (nSPS) is 16.2. The van der Waals surface area contributed by atoms with E-state index in [2.05, 4.69) is 41.4 Å². The van der Waals surface area contributed by atoms with E-state index >= 15 is 0 Å². The number of benzene rings is 1. The van der Waals surface area contributed by atoms with Gasteiger partial charge in [0.05, 0.1) is 12.2 Å². The molecule has 2 N–H and O–H groups in total. The number of aliphatic hydroxyl groups is 1. The van der Waals surface area contributed by atoms with Crippen LogP contribution in [0.3, 0.4) is 0 Å². The van der Waals surface area contributed by atoms with Gasteiger partial charge in [-0.2, -0.15) is 5.10 Å². The maximum absolute atomic E-state index is 10.5. The molecule has 6 nitrogen and oxygen atoms in total. The fraction of sp³-hybridized carbons (Fsp3) is 0.625. The monoisotopic (exact) mass is 414 g/mol. The molecule has 0 amide bonds. The van der Waals surface area contributed by atoms with Crippen molar-refractivity contribution in [3.63, 3.8) is 0 Å². The number of nitrogens with one attached hydrogen (secondary N) is 1. The van der Waals surface area contributed by atoms with Crippen LogP contribution in [0.15, 0.2) is 30.3 Å². The van der Waals surface area contributed by atoms with Crippen LogP contribution in [0.25, 0.3) is 0 Å². The number of aliphatic hydroxyl groups excluding tert-OH is 1. The molecule has 166 valence electrons. The van der Waals surface area contributed by atoms with Gasteiger partial charge in [-0.05, 0) is 45.9 Å². The summed E-state index contributed by atoms with van der Waals surface area (Å²) >= 11 is 0. The summed E-state index contributed by atoms with van der Waals surface area (Å²) in [7, 11) is 2.12. The molecule has 3 rings (SSSR count). The predicted molar refractivity (Wildman–Crippen MR) is 121 cm³/mol. The summed E-state index contributed by atoms with van der Waals surface area (Å²) in [5, 5.41) is 18.5. The lowest BCUT2D eigenvalue weighted by molar-refractivity contribution is 0.0558. The minimum atomic E-state index is -0.482. The molecule has 6 heteroatoms. The molecule has 0 radical (unpaired) electrons. The minimum absolute atomic E-state index is 0.319. The smallest absolute Gasteiger partial charge is 0.123 e. The van der Waals surface area contributed by atoms with Gasteiger partial charge in [-0.25, -0.2) is 0 Å². The highest BCUT2D eigenvalue weighted by molar-refractivity contribution is 5.33. The topological polar surface area (TPSA) is 62.6 Å². The zero-order valence-electron chi connectivity index (χ0n) is 18.8. The van der Waals surface area contributed by atoms with Crippen molar-refractivity contribution in [3.8, 4) is 5.75 Å². The Balaban J connectivity index is 1.42. The number of rotatable bonds is 11. The molecule has 0 bridgehead atoms. The van der Waals surface area contributed by atoms with Gasteiger partial charge in [0.15, 0.2) is 0 Å². The van der Waals surface area contributed by atoms with Gasteiger partial charge in [-0.3, -0.25) is 4.68 Å². The number of para-hydroxylation sites is 1. The molecule has 0 aliphatic heterocycles. The average Bonchev–Trinajstić information content (AvgIpc) is 3.07. The Morgan fingerprint density at radius 1 is 1.23 bits per heavy atom. The standard InChI is InChI=1S/C24H38N4O2/c1-19-15-20(2)28(26-19)14-13-25-16-21-9-7-8-12-24(21)30-18-23(29)17-27(3)22-10-5-4-6-11-22/h7-9,12,15,22-23,25,29H,4-6,10-11,13-14,16-18H2,1-3H3/t23-/m0/s1. The highest BCUT2D eigenvalue weighted by atomic mass is 16.5. The third-order valence-corrected chi connectivity index (χ3v) is 6.02. The van der Waals surface area contributed by atoms with Crippen LogP contribution in [0.5, 0.6) is 5.75 Å². The number of aromatic nitrogens is 2. The Morgan fingerprint density at radius 2 is 2.00 bits per heavy atom. The Hall–Kier alpha value is -1.89. The second-order valence-corrected chi connectivity index (χ2v) is 8.63. The van der Waals surface area contributed by atoms with Gasteiger partial charge in [-0.1, -0.05) is 37.5 Å². The van der Waals surface area contributed by atoms with Gasteiger partial charge in [0.1, 0.15) is 18.5 Å². The Bertz CT molecular complexity index is 770. The molecule has 1 saturated carbocycles. The molecule has 2 aromatic rings. The SMILES string of the molecule is Cc1cc(C)n(CCNCc2ccccc2OC[C@@H](O)CN(C)C2CCCCC2)n1. The molecule has 1 heterocycles. The summed E-state index contributed by atoms with van der Waals surface area (Å²) in [4.78, 5) is 2.31. The summed E-state index contributed by atoms with van der Waals surface area (Å²) in [6, 6.07) is 10.8. The van der Waals surface area contributed by atoms with E-state index in [0.717, 1.165) is 36.6 Å². The average molecular weight is 415 g/mol. The molecule has 1 aromatic carbocycles. The predicted octanol–water partition coefficient (Wildman–Crippen LogP) is 3.29. The van der Waals surface area contributed by atoms with E-state index in [0.29, 0.717) is 19.2 Å². The lowest BCUT2D eigenvalue weighted by atomic mass is 9.94. The van der Waals surface area contributed by atoms with E-state index < -0.39 is 6.10 Å². The second-order valence-electron chi connectivity index (χ2n) is 8.63. The van der Waals surface area contributed by atoms with Crippen molar-refractivity contribution in [2.24, 2.45) is 0 Å². The molecule has 0 saturated heterocycles. The first-order chi connectivity index (χ1) is 14.5. The zero-order chi connectivity index (χ0) is 21.3. The van der Waals surface area contributed by atoms with Crippen molar-refractivity contribution in [3.05, 3.63) is 47.3 Å². The van der Waals surface area contributed by atoms with Crippen LogP contribution in [0.2, 0.25) is 0 Å². The largest absolute Gasteiger partial charge is 0.491 e. The van der Waals surface area contributed by atoms with Gasteiger partial charge in [0.2, 0.25) is 0 Å². The molecule has 1 fully saturated rings. The molecule has 30 heavy (non-hydrogen) atoms. The number of hydrogen-bond acceptors (Lipinski definition) is 5. The van der Waals surface area contributed by atoms with Gasteiger partial charge >= 0.3 is 0 Å². The summed E-state index contributed by atoms with van der Waals surface area (Å²) in [5.74, 6) is 0.843. The van der Waals surface area contributed by atoms with Crippen molar-refractivity contribution < 1.29 is 9.84 Å². The van der Waals surface area contributed by atoms with Crippen LogP contribution in [0.4, 0.5) is 0 Å². The van der Waals surface area contributed by atoms with E-state index in [9.17, 15) is 5.11 Å². The molecule has 1 aromatic heterocycles. The van der Waals surface area contributed by atoms with Gasteiger partial charge in [-0.15, -0.1) is 0 Å². The first kappa shape index (κ1) is 22.8. The van der Waals surface area contributed by atoms with Crippen molar-refractivity contribution in [2.75, 3.05) is 26.7 Å². The molecular formula is C24H38N4O2. The van der Waals surface area contributed by atoms with Crippen molar-refractivity contribution in [1.29, 1.82) is 0 Å². The second kappa shape index (κ2) is 11.5. The van der Waals surface area contributed by atoms with Crippen molar-refractivity contribution >= 4 is 0 Å². The van der Waals surface area contributed by atoms with Crippen molar-refractivity contribution in [2.45, 2.75) is 71.2 Å². The van der Waals surface area contributed by atoms with Crippen LogP contribution in [-0.4, -0.2) is 58.7 Å². The summed E-state index contributed by atoms with van der Waals surface area (Å²) in [6.45, 7) is 7.49. The highest BCUT2D eigenvalue weighted by Gasteiger charge is 2.20. The lowest BCUT2D eigenvalue weighted by Gasteiger charge is -2.32. The van der Waals surface area contributed by atoms with Crippen LogP contribution in [0.1, 0.15) is 49.1 Å². The highest BCUT2D eigenvalue weighted by Crippen LogP contribution is 2.22. The Kier molecular flexibility index (Phi) is 8.73. The van der Waals surface area contributed by atoms with E-state index in [1.165, 1.54) is 37.8 Å².